The molecule has 1 aromatic rings. The van der Waals surface area contributed by atoms with Gasteiger partial charge < -0.3 is 24.1 Å². The number of aliphatic hydroxyl groups is 1. The highest BCUT2D eigenvalue weighted by Gasteiger charge is 2.34. The van der Waals surface area contributed by atoms with E-state index in [1.54, 1.807) is 6.07 Å². The summed E-state index contributed by atoms with van der Waals surface area (Å²) in [5.41, 5.74) is 1.15. The molecule has 0 bridgehead atoms. The second kappa shape index (κ2) is 7.55. The summed E-state index contributed by atoms with van der Waals surface area (Å²) in [5.74, 6) is 0.734. The molecule has 128 valence electrons. The van der Waals surface area contributed by atoms with Crippen molar-refractivity contribution in [2.45, 2.75) is 44.8 Å². The predicted molar refractivity (Wildman–Crippen MR) is 84.5 cm³/mol. The molecule has 1 aliphatic heterocycles. The molecule has 23 heavy (non-hydrogen) atoms. The molecule has 0 saturated carbocycles. The lowest BCUT2D eigenvalue weighted by atomic mass is 9.93. The molecule has 0 fully saturated rings. The maximum absolute atomic E-state index is 12.4. The molecular formula is C17H24O6. The van der Waals surface area contributed by atoms with Crippen LogP contribution in [0, 0.1) is 0 Å². The largest absolute Gasteiger partial charge is 0.493 e. The van der Waals surface area contributed by atoms with Crippen molar-refractivity contribution in [3.63, 3.8) is 0 Å². The van der Waals surface area contributed by atoms with E-state index >= 15 is 0 Å². The van der Waals surface area contributed by atoms with Gasteiger partial charge in [0.05, 0.1) is 27.4 Å². The summed E-state index contributed by atoms with van der Waals surface area (Å²) in [6.45, 7) is 2.01. The Morgan fingerprint density at radius 2 is 1.96 bits per heavy atom. The number of carbonyl (C=O) groups is 1. The standard InChI is InChI=1S/C17H24O6/c1-5-6-11(18)9-12-7-10-8-13(20-2)15(21-3)16(22-4)14(10)17(19)23-12/h8,11-12,18H,5-7,9H2,1-4H3/t11-,12+/m0/s1. The van der Waals surface area contributed by atoms with Gasteiger partial charge in [0.25, 0.3) is 0 Å². The first-order valence-electron chi connectivity index (χ1n) is 7.76. The van der Waals surface area contributed by atoms with Gasteiger partial charge in [-0.25, -0.2) is 4.79 Å². The number of benzene rings is 1. The third-order valence-electron chi connectivity index (χ3n) is 3.99. The molecule has 2 atom stereocenters. The summed E-state index contributed by atoms with van der Waals surface area (Å²) >= 11 is 0. The molecule has 1 N–H and O–H groups in total. The molecule has 0 saturated heterocycles. The SMILES string of the molecule is CCC[C@H](O)C[C@H]1Cc2cc(OC)c(OC)c(OC)c2C(=O)O1. The van der Waals surface area contributed by atoms with Crippen LogP contribution in [0.15, 0.2) is 6.07 Å². The summed E-state index contributed by atoms with van der Waals surface area (Å²) in [6, 6.07) is 1.77. The van der Waals surface area contributed by atoms with Crippen molar-refractivity contribution in [2.24, 2.45) is 0 Å². The minimum absolute atomic E-state index is 0.319. The smallest absolute Gasteiger partial charge is 0.342 e. The molecule has 0 aromatic heterocycles. The zero-order valence-electron chi connectivity index (χ0n) is 14.0. The Bertz CT molecular complexity index is 569. The second-order valence-electron chi connectivity index (χ2n) is 5.59. The van der Waals surface area contributed by atoms with Gasteiger partial charge in [-0.15, -0.1) is 0 Å². The van der Waals surface area contributed by atoms with E-state index in [0.717, 1.165) is 12.0 Å². The second-order valence-corrected chi connectivity index (χ2v) is 5.59. The number of rotatable bonds is 7. The van der Waals surface area contributed by atoms with E-state index in [-0.39, 0.29) is 6.10 Å². The number of hydrogen-bond donors (Lipinski definition) is 1. The van der Waals surface area contributed by atoms with Gasteiger partial charge >= 0.3 is 5.97 Å². The van der Waals surface area contributed by atoms with Crippen LogP contribution in [0.3, 0.4) is 0 Å². The van der Waals surface area contributed by atoms with Gasteiger partial charge in [0.1, 0.15) is 11.7 Å². The highest BCUT2D eigenvalue weighted by molar-refractivity contribution is 5.97. The average Bonchev–Trinajstić information content (AvgIpc) is 2.52. The maximum Gasteiger partial charge on any atom is 0.342 e. The highest BCUT2D eigenvalue weighted by Crippen LogP contribution is 2.44. The van der Waals surface area contributed by atoms with Gasteiger partial charge in [0, 0.05) is 12.8 Å². The molecular weight excluding hydrogens is 300 g/mol. The topological polar surface area (TPSA) is 74.2 Å². The van der Waals surface area contributed by atoms with E-state index in [2.05, 4.69) is 0 Å². The molecule has 1 heterocycles. The summed E-state index contributed by atoms with van der Waals surface area (Å²) in [5, 5.41) is 9.96. The van der Waals surface area contributed by atoms with Crippen molar-refractivity contribution in [1.29, 1.82) is 0 Å². The fourth-order valence-electron chi connectivity index (χ4n) is 2.97. The van der Waals surface area contributed by atoms with Gasteiger partial charge in [-0.2, -0.15) is 0 Å². The molecule has 0 amide bonds. The van der Waals surface area contributed by atoms with Crippen molar-refractivity contribution in [1.82, 2.24) is 0 Å². The molecule has 0 aliphatic carbocycles. The van der Waals surface area contributed by atoms with Gasteiger partial charge in [-0.1, -0.05) is 13.3 Å². The lowest BCUT2D eigenvalue weighted by molar-refractivity contribution is 0.00868. The first kappa shape index (κ1) is 17.4. The van der Waals surface area contributed by atoms with Crippen LogP contribution in [-0.4, -0.2) is 44.6 Å². The molecule has 0 unspecified atom stereocenters. The first-order chi connectivity index (χ1) is 11.0. The number of cyclic esters (lactones) is 1. The lowest BCUT2D eigenvalue weighted by Gasteiger charge is -2.28. The number of carbonyl (C=O) groups excluding carboxylic acids is 1. The van der Waals surface area contributed by atoms with Gasteiger partial charge in [-0.3, -0.25) is 0 Å². The third kappa shape index (κ3) is 3.52. The Morgan fingerprint density at radius 3 is 2.52 bits per heavy atom. The Hall–Kier alpha value is -1.95. The van der Waals surface area contributed by atoms with Crippen LogP contribution >= 0.6 is 0 Å². The molecule has 1 aromatic carbocycles. The van der Waals surface area contributed by atoms with Crippen LogP contribution in [0.2, 0.25) is 0 Å². The quantitative estimate of drug-likeness (QED) is 0.776. The molecule has 6 nitrogen and oxygen atoms in total. The lowest BCUT2D eigenvalue weighted by Crippen LogP contribution is -2.31. The van der Waals surface area contributed by atoms with Crippen molar-refractivity contribution in [3.05, 3.63) is 17.2 Å². The zero-order chi connectivity index (χ0) is 17.0. The summed E-state index contributed by atoms with van der Waals surface area (Å²) in [6.07, 6.45) is 1.70. The number of aliphatic hydroxyl groups excluding tert-OH is 1. The van der Waals surface area contributed by atoms with Crippen LogP contribution in [0.25, 0.3) is 0 Å². The van der Waals surface area contributed by atoms with E-state index in [9.17, 15) is 9.90 Å². The number of esters is 1. The predicted octanol–water partition coefficient (Wildman–Crippen LogP) is 2.35. The number of hydrogen-bond acceptors (Lipinski definition) is 6. The Labute approximate surface area is 136 Å². The van der Waals surface area contributed by atoms with E-state index in [4.69, 9.17) is 18.9 Å². The average molecular weight is 324 g/mol. The fraction of sp³-hybridized carbons (Fsp3) is 0.588. The first-order valence-corrected chi connectivity index (χ1v) is 7.76. The fourth-order valence-corrected chi connectivity index (χ4v) is 2.97. The Kier molecular flexibility index (Phi) is 5.71. The van der Waals surface area contributed by atoms with E-state index in [0.29, 0.717) is 42.1 Å². The normalized spacial score (nSPS) is 18.0. The van der Waals surface area contributed by atoms with Crippen LogP contribution in [-0.2, 0) is 11.2 Å². The van der Waals surface area contributed by atoms with E-state index in [1.807, 2.05) is 6.92 Å². The minimum atomic E-state index is -0.471. The van der Waals surface area contributed by atoms with E-state index in [1.165, 1.54) is 21.3 Å². The molecule has 0 spiro atoms. The van der Waals surface area contributed by atoms with Crippen LogP contribution in [0.5, 0.6) is 17.2 Å². The molecule has 1 aliphatic rings. The maximum atomic E-state index is 12.4. The van der Waals surface area contributed by atoms with Gasteiger partial charge in [0.15, 0.2) is 11.5 Å². The summed E-state index contributed by atoms with van der Waals surface area (Å²) in [7, 11) is 4.50. The Balaban J connectivity index is 2.36. The van der Waals surface area contributed by atoms with Crippen LogP contribution in [0.4, 0.5) is 0 Å². The van der Waals surface area contributed by atoms with Crippen molar-refractivity contribution >= 4 is 5.97 Å². The summed E-state index contributed by atoms with van der Waals surface area (Å²) in [4.78, 5) is 12.4. The van der Waals surface area contributed by atoms with Crippen molar-refractivity contribution in [3.8, 4) is 17.2 Å². The monoisotopic (exact) mass is 324 g/mol. The molecule has 6 heteroatoms. The number of fused-ring (bicyclic) bond motifs is 1. The van der Waals surface area contributed by atoms with Gasteiger partial charge in [-0.05, 0) is 18.1 Å². The van der Waals surface area contributed by atoms with Crippen LogP contribution in [0.1, 0.15) is 42.1 Å². The number of methoxy groups -OCH3 is 3. The number of ether oxygens (including phenoxy) is 4. The summed E-state index contributed by atoms with van der Waals surface area (Å²) < 4.78 is 21.4. The van der Waals surface area contributed by atoms with Crippen molar-refractivity contribution < 1.29 is 28.8 Å². The van der Waals surface area contributed by atoms with Gasteiger partial charge in [0.2, 0.25) is 5.75 Å². The molecule has 2 rings (SSSR count). The van der Waals surface area contributed by atoms with Crippen LogP contribution < -0.4 is 14.2 Å². The highest BCUT2D eigenvalue weighted by atomic mass is 16.6. The molecule has 0 radical (unpaired) electrons. The third-order valence-corrected chi connectivity index (χ3v) is 3.99. The minimum Gasteiger partial charge on any atom is -0.493 e. The van der Waals surface area contributed by atoms with E-state index < -0.39 is 12.1 Å². The Morgan fingerprint density at radius 1 is 1.26 bits per heavy atom. The zero-order valence-corrected chi connectivity index (χ0v) is 14.0. The van der Waals surface area contributed by atoms with Crippen molar-refractivity contribution in [2.75, 3.05) is 21.3 Å².